The maximum absolute atomic E-state index is 7.06. The molecule has 2 aliphatic heterocycles. The molecule has 0 N–H and O–H groups in total. The van der Waals surface area contributed by atoms with Gasteiger partial charge in [0, 0.05) is 60.4 Å². The Labute approximate surface area is 397 Å². The molecule has 3 aromatic heterocycles. The van der Waals surface area contributed by atoms with Crippen LogP contribution in [-0.4, -0.2) is 11.4 Å². The summed E-state index contributed by atoms with van der Waals surface area (Å²) in [7, 11) is 0. The average molecular weight is 881 g/mol. The molecule has 4 nitrogen and oxygen atoms in total. The van der Waals surface area contributed by atoms with E-state index in [1.807, 2.05) is 0 Å². The van der Waals surface area contributed by atoms with E-state index in [2.05, 4.69) is 205 Å². The minimum absolute atomic E-state index is 0.0160. The Morgan fingerprint density at radius 2 is 1.21 bits per heavy atom. The summed E-state index contributed by atoms with van der Waals surface area (Å²) in [5.74, 6) is 0. The molecule has 5 heteroatoms. The fourth-order valence-electron chi connectivity index (χ4n) is 13.6. The van der Waals surface area contributed by atoms with Crippen LogP contribution in [0.4, 0.5) is 11.4 Å². The lowest BCUT2D eigenvalue weighted by Gasteiger charge is -2.42. The van der Waals surface area contributed by atoms with Crippen molar-refractivity contribution in [3.8, 4) is 27.9 Å². The number of para-hydroxylation sites is 1. The number of anilines is 2. The molecule has 330 valence electrons. The van der Waals surface area contributed by atoms with E-state index in [9.17, 15) is 0 Å². The summed E-state index contributed by atoms with van der Waals surface area (Å²) in [6.07, 6.45) is 2.33. The number of aromatic nitrogens is 1. The minimum Gasteiger partial charge on any atom is -0.456 e. The lowest BCUT2D eigenvalue weighted by molar-refractivity contribution is 0.332. The molecular formula is C63H53BN2O2. The van der Waals surface area contributed by atoms with Crippen LogP contribution >= 0.6 is 0 Å². The Hall–Kier alpha value is -6.98. The van der Waals surface area contributed by atoms with Crippen molar-refractivity contribution in [2.45, 2.75) is 96.8 Å². The Balaban J connectivity index is 1.11. The molecule has 0 saturated carbocycles. The molecule has 2 aliphatic carbocycles. The Morgan fingerprint density at radius 1 is 0.500 bits per heavy atom. The van der Waals surface area contributed by atoms with Gasteiger partial charge in [-0.2, -0.15) is 0 Å². The molecule has 0 amide bonds. The lowest BCUT2D eigenvalue weighted by atomic mass is 9.43. The van der Waals surface area contributed by atoms with E-state index >= 15 is 0 Å². The maximum atomic E-state index is 7.06. The molecular weight excluding hydrogens is 828 g/mol. The summed E-state index contributed by atoms with van der Waals surface area (Å²) in [6.45, 7) is 21.3. The molecule has 4 aliphatic rings. The first-order valence-corrected chi connectivity index (χ1v) is 24.7. The summed E-state index contributed by atoms with van der Waals surface area (Å²) in [6, 6.07) is 51.3. The Kier molecular flexibility index (Phi) is 7.11. The molecule has 0 atom stereocenters. The van der Waals surface area contributed by atoms with Crippen LogP contribution in [0.5, 0.6) is 0 Å². The highest BCUT2D eigenvalue weighted by molar-refractivity contribution is 6.93. The first-order valence-electron chi connectivity index (χ1n) is 24.7. The van der Waals surface area contributed by atoms with Crippen LogP contribution in [0.15, 0.2) is 142 Å². The zero-order valence-corrected chi connectivity index (χ0v) is 40.4. The highest BCUT2D eigenvalue weighted by Crippen LogP contribution is 2.54. The summed E-state index contributed by atoms with van der Waals surface area (Å²) in [4.78, 5) is 2.69. The SMILES string of the molecule is CC(C)(C)c1ccc(N2B3c4cc5c(cc4-n4c6ccc7oc8ccccc8c7c6c6ccc(c3c64)-c3cc4oc6cc7c(cc6c4cc32)C(C)(C)CCC7(C)C)C(C)(C)c2ccccc2-5)cc1. The van der Waals surface area contributed by atoms with Crippen molar-refractivity contribution in [1.82, 2.24) is 4.57 Å². The minimum atomic E-state index is -0.169. The summed E-state index contributed by atoms with van der Waals surface area (Å²) >= 11 is 0. The van der Waals surface area contributed by atoms with Crippen molar-refractivity contribution in [2.75, 3.05) is 4.81 Å². The molecule has 0 radical (unpaired) electrons. The van der Waals surface area contributed by atoms with Crippen LogP contribution in [0.2, 0.25) is 0 Å². The highest BCUT2D eigenvalue weighted by atomic mass is 16.3. The largest absolute Gasteiger partial charge is 0.456 e. The van der Waals surface area contributed by atoms with E-state index in [0.717, 1.165) is 34.1 Å². The number of hydrogen-bond donors (Lipinski definition) is 0. The predicted molar refractivity (Wildman–Crippen MR) is 286 cm³/mol. The molecule has 8 aromatic carbocycles. The van der Waals surface area contributed by atoms with Gasteiger partial charge in [0.15, 0.2) is 0 Å². The third-order valence-electron chi connectivity index (χ3n) is 17.4. The van der Waals surface area contributed by atoms with Crippen molar-refractivity contribution in [3.63, 3.8) is 0 Å². The molecule has 0 bridgehead atoms. The van der Waals surface area contributed by atoms with Crippen molar-refractivity contribution >= 4 is 94.8 Å². The molecule has 11 aromatic rings. The normalized spacial score (nSPS) is 17.1. The van der Waals surface area contributed by atoms with E-state index in [1.54, 1.807) is 0 Å². The smallest absolute Gasteiger partial charge is 0.333 e. The third-order valence-corrected chi connectivity index (χ3v) is 17.4. The van der Waals surface area contributed by atoms with Gasteiger partial charge < -0.3 is 18.2 Å². The van der Waals surface area contributed by atoms with Gasteiger partial charge in [0.2, 0.25) is 0 Å². The summed E-state index contributed by atoms with van der Waals surface area (Å²) in [5.41, 5.74) is 24.6. The van der Waals surface area contributed by atoms with Crippen molar-refractivity contribution < 1.29 is 8.83 Å². The van der Waals surface area contributed by atoms with Crippen molar-refractivity contribution in [1.29, 1.82) is 0 Å². The second-order valence-corrected chi connectivity index (χ2v) is 23.5. The van der Waals surface area contributed by atoms with E-state index < -0.39 is 0 Å². The molecule has 68 heavy (non-hydrogen) atoms. The number of furan rings is 2. The number of benzene rings is 8. The quantitative estimate of drug-likeness (QED) is 0.154. The van der Waals surface area contributed by atoms with E-state index in [-0.39, 0.29) is 28.5 Å². The Bertz CT molecular complexity index is 4110. The van der Waals surface area contributed by atoms with Gasteiger partial charge in [-0.3, -0.25) is 0 Å². The zero-order chi connectivity index (χ0) is 46.1. The van der Waals surface area contributed by atoms with E-state index in [1.165, 1.54) is 122 Å². The van der Waals surface area contributed by atoms with Crippen LogP contribution in [-0.2, 0) is 21.7 Å². The van der Waals surface area contributed by atoms with Gasteiger partial charge in [-0.15, -0.1) is 0 Å². The first kappa shape index (κ1) is 39.1. The lowest BCUT2D eigenvalue weighted by Crippen LogP contribution is -2.60. The average Bonchev–Trinajstić information content (AvgIpc) is 4.04. The van der Waals surface area contributed by atoms with Gasteiger partial charge in [-0.05, 0) is 145 Å². The van der Waals surface area contributed by atoms with Crippen LogP contribution in [0.25, 0.3) is 93.6 Å². The van der Waals surface area contributed by atoms with Crippen LogP contribution < -0.4 is 15.7 Å². The number of nitrogens with zero attached hydrogens (tertiary/aromatic N) is 2. The van der Waals surface area contributed by atoms with Gasteiger partial charge in [-0.1, -0.05) is 135 Å². The summed E-state index contributed by atoms with van der Waals surface area (Å²) in [5, 5.41) is 7.20. The molecule has 5 heterocycles. The first-order chi connectivity index (χ1) is 32.6. The number of rotatable bonds is 1. The summed E-state index contributed by atoms with van der Waals surface area (Å²) < 4.78 is 16.3. The van der Waals surface area contributed by atoms with Gasteiger partial charge in [0.05, 0.1) is 11.0 Å². The van der Waals surface area contributed by atoms with Gasteiger partial charge in [-0.25, -0.2) is 0 Å². The van der Waals surface area contributed by atoms with E-state index in [0.29, 0.717) is 0 Å². The monoisotopic (exact) mass is 880 g/mol. The molecule has 0 spiro atoms. The third kappa shape index (κ3) is 4.77. The fraction of sp³-hybridized carbons (Fsp3) is 0.238. The van der Waals surface area contributed by atoms with Crippen LogP contribution in [0.3, 0.4) is 0 Å². The Morgan fingerprint density at radius 3 is 2.00 bits per heavy atom. The molecule has 0 unspecified atom stereocenters. The van der Waals surface area contributed by atoms with Crippen molar-refractivity contribution in [2.24, 2.45) is 0 Å². The van der Waals surface area contributed by atoms with E-state index in [4.69, 9.17) is 8.83 Å². The number of fused-ring (bicyclic) bond motifs is 19. The molecule has 0 saturated heterocycles. The molecule has 15 rings (SSSR count). The second kappa shape index (κ2) is 12.4. The standard InChI is InChI=1S/C63H53BN2O2/c1-60(2,3)34-18-20-35(21-19-34)66-50-30-43-42-28-46-47(62(6,7)27-26-61(46,4)5)33-55(42)68-54(43)31-41(50)37-22-23-39-56-49(24-25-53-57(56)38-15-11-13-17-52(38)67-53)65-51-32-45-40(29-48(51)64(66)58(37)59(39)65)36-14-10-12-16-44(36)63(45,8)9/h10-25,28-33H,26-27H2,1-9H3. The molecule has 0 fully saturated rings. The number of hydrogen-bond acceptors (Lipinski definition) is 3. The highest BCUT2D eigenvalue weighted by Gasteiger charge is 2.47. The van der Waals surface area contributed by atoms with Gasteiger partial charge in [0.25, 0.3) is 0 Å². The van der Waals surface area contributed by atoms with Crippen LogP contribution in [0.1, 0.15) is 103 Å². The van der Waals surface area contributed by atoms with Gasteiger partial charge >= 0.3 is 6.85 Å². The van der Waals surface area contributed by atoms with Gasteiger partial charge in [0.1, 0.15) is 22.3 Å². The maximum Gasteiger partial charge on any atom is 0.333 e. The van der Waals surface area contributed by atoms with Crippen molar-refractivity contribution in [3.05, 3.63) is 161 Å². The zero-order valence-electron chi connectivity index (χ0n) is 40.4. The fourth-order valence-corrected chi connectivity index (χ4v) is 13.6. The second-order valence-electron chi connectivity index (χ2n) is 23.5. The predicted octanol–water partition coefficient (Wildman–Crippen LogP) is 15.8. The topological polar surface area (TPSA) is 34.5 Å². The van der Waals surface area contributed by atoms with Crippen LogP contribution in [0, 0.1) is 0 Å².